The van der Waals surface area contributed by atoms with Gasteiger partial charge in [0.1, 0.15) is 0 Å². The van der Waals surface area contributed by atoms with E-state index in [9.17, 15) is 8.78 Å². The molecule has 0 fully saturated rings. The highest BCUT2D eigenvalue weighted by molar-refractivity contribution is 5.43. The van der Waals surface area contributed by atoms with Crippen LogP contribution < -0.4 is 5.32 Å². The first-order valence-corrected chi connectivity index (χ1v) is 5.36. The van der Waals surface area contributed by atoms with Crippen molar-refractivity contribution in [3.05, 3.63) is 29.8 Å². The monoisotopic (exact) mass is 213 g/mol. The quantitative estimate of drug-likeness (QED) is 0.784. The summed E-state index contributed by atoms with van der Waals surface area (Å²) in [4.78, 5) is 0. The molecule has 1 aromatic carbocycles. The summed E-state index contributed by atoms with van der Waals surface area (Å²) < 4.78 is 25.5. The fourth-order valence-corrected chi connectivity index (χ4v) is 1.45. The van der Waals surface area contributed by atoms with E-state index in [-0.39, 0.29) is 0 Å². The average molecular weight is 213 g/mol. The first kappa shape index (κ1) is 12.0. The smallest absolute Gasteiger partial charge is 0.160 e. The van der Waals surface area contributed by atoms with Gasteiger partial charge in [-0.1, -0.05) is 26.7 Å². The molecule has 0 aliphatic carbocycles. The Morgan fingerprint density at radius 3 is 2.33 bits per heavy atom. The van der Waals surface area contributed by atoms with Crippen LogP contribution >= 0.6 is 0 Å². The standard InChI is InChI=1S/C12H17F2N/c1-3-9(4-2)8-15-10-5-6-11(13)12(14)7-10/h5-7,9,15H,3-4,8H2,1-2H3. The molecule has 1 N–H and O–H groups in total. The Balaban J connectivity index is 2.54. The van der Waals surface area contributed by atoms with E-state index in [0.29, 0.717) is 11.6 Å². The Labute approximate surface area is 89.5 Å². The molecule has 84 valence electrons. The number of rotatable bonds is 5. The van der Waals surface area contributed by atoms with Crippen LogP contribution in [0.1, 0.15) is 26.7 Å². The van der Waals surface area contributed by atoms with Gasteiger partial charge in [-0.3, -0.25) is 0 Å². The average Bonchev–Trinajstić information content (AvgIpc) is 2.24. The van der Waals surface area contributed by atoms with Crippen LogP contribution in [-0.2, 0) is 0 Å². The SMILES string of the molecule is CCC(CC)CNc1ccc(F)c(F)c1. The fraction of sp³-hybridized carbons (Fsp3) is 0.500. The van der Waals surface area contributed by atoms with Gasteiger partial charge < -0.3 is 5.32 Å². The van der Waals surface area contributed by atoms with Crippen molar-refractivity contribution in [1.82, 2.24) is 0 Å². The van der Waals surface area contributed by atoms with Gasteiger partial charge in [-0.25, -0.2) is 8.78 Å². The van der Waals surface area contributed by atoms with Crippen LogP contribution in [0.2, 0.25) is 0 Å². The van der Waals surface area contributed by atoms with Crippen LogP contribution in [0.3, 0.4) is 0 Å². The number of hydrogen-bond acceptors (Lipinski definition) is 1. The molecule has 0 radical (unpaired) electrons. The highest BCUT2D eigenvalue weighted by Crippen LogP contribution is 2.15. The van der Waals surface area contributed by atoms with Crippen LogP contribution in [-0.4, -0.2) is 6.54 Å². The largest absolute Gasteiger partial charge is 0.385 e. The second-order valence-electron chi connectivity index (χ2n) is 3.69. The minimum atomic E-state index is -0.803. The van der Waals surface area contributed by atoms with E-state index in [1.807, 2.05) is 0 Å². The van der Waals surface area contributed by atoms with Gasteiger partial charge in [0, 0.05) is 12.2 Å². The minimum Gasteiger partial charge on any atom is -0.385 e. The lowest BCUT2D eigenvalue weighted by atomic mass is 10.0. The second-order valence-corrected chi connectivity index (χ2v) is 3.69. The summed E-state index contributed by atoms with van der Waals surface area (Å²) in [5, 5.41) is 3.11. The predicted octanol–water partition coefficient (Wildman–Crippen LogP) is 3.81. The molecule has 1 rings (SSSR count). The first-order chi connectivity index (χ1) is 7.17. The zero-order chi connectivity index (χ0) is 11.3. The number of benzene rings is 1. The Morgan fingerprint density at radius 2 is 1.80 bits per heavy atom. The molecule has 0 bridgehead atoms. The second kappa shape index (κ2) is 5.69. The molecule has 0 unspecified atom stereocenters. The van der Waals surface area contributed by atoms with Crippen molar-refractivity contribution in [1.29, 1.82) is 0 Å². The summed E-state index contributed by atoms with van der Waals surface area (Å²) in [5.74, 6) is -1.02. The summed E-state index contributed by atoms with van der Waals surface area (Å²) in [5.41, 5.74) is 0.640. The molecule has 1 aromatic rings. The van der Waals surface area contributed by atoms with Crippen molar-refractivity contribution in [2.24, 2.45) is 5.92 Å². The summed E-state index contributed by atoms with van der Waals surface area (Å²) >= 11 is 0. The lowest BCUT2D eigenvalue weighted by Crippen LogP contribution is -2.12. The third-order valence-corrected chi connectivity index (χ3v) is 2.67. The van der Waals surface area contributed by atoms with E-state index < -0.39 is 11.6 Å². The van der Waals surface area contributed by atoms with Gasteiger partial charge in [0.05, 0.1) is 0 Å². The van der Waals surface area contributed by atoms with Gasteiger partial charge in [0.15, 0.2) is 11.6 Å². The molecular weight excluding hydrogens is 196 g/mol. The van der Waals surface area contributed by atoms with Gasteiger partial charge in [0.25, 0.3) is 0 Å². The molecule has 0 amide bonds. The topological polar surface area (TPSA) is 12.0 Å². The molecule has 0 aromatic heterocycles. The highest BCUT2D eigenvalue weighted by Gasteiger charge is 2.05. The molecule has 0 aliphatic rings. The Bertz CT molecular complexity index is 308. The van der Waals surface area contributed by atoms with Crippen molar-refractivity contribution in [2.75, 3.05) is 11.9 Å². The molecule has 15 heavy (non-hydrogen) atoms. The molecule has 0 aliphatic heterocycles. The van der Waals surface area contributed by atoms with Gasteiger partial charge in [0.2, 0.25) is 0 Å². The van der Waals surface area contributed by atoms with Crippen molar-refractivity contribution >= 4 is 5.69 Å². The van der Waals surface area contributed by atoms with E-state index in [2.05, 4.69) is 19.2 Å². The molecule has 0 spiro atoms. The number of nitrogens with one attached hydrogen (secondary N) is 1. The zero-order valence-corrected chi connectivity index (χ0v) is 9.19. The molecule has 1 nitrogen and oxygen atoms in total. The number of hydrogen-bond donors (Lipinski definition) is 1. The van der Waals surface area contributed by atoms with Crippen molar-refractivity contribution in [3.8, 4) is 0 Å². The van der Waals surface area contributed by atoms with E-state index in [1.54, 1.807) is 6.07 Å². The lowest BCUT2D eigenvalue weighted by Gasteiger charge is -2.14. The summed E-state index contributed by atoms with van der Waals surface area (Å²) in [7, 11) is 0. The van der Waals surface area contributed by atoms with E-state index in [1.165, 1.54) is 6.07 Å². The molecule has 0 heterocycles. The maximum Gasteiger partial charge on any atom is 0.160 e. The predicted molar refractivity (Wildman–Crippen MR) is 58.9 cm³/mol. The third kappa shape index (κ3) is 3.50. The first-order valence-electron chi connectivity index (χ1n) is 5.36. The van der Waals surface area contributed by atoms with E-state index in [0.717, 1.165) is 25.5 Å². The Hall–Kier alpha value is -1.12. The maximum absolute atomic E-state index is 12.9. The Morgan fingerprint density at radius 1 is 1.13 bits per heavy atom. The fourth-order valence-electron chi connectivity index (χ4n) is 1.45. The molecule has 0 saturated heterocycles. The highest BCUT2D eigenvalue weighted by atomic mass is 19.2. The van der Waals surface area contributed by atoms with Crippen molar-refractivity contribution in [2.45, 2.75) is 26.7 Å². The molecule has 0 saturated carbocycles. The Kier molecular flexibility index (Phi) is 4.53. The van der Waals surface area contributed by atoms with Crippen LogP contribution in [0.15, 0.2) is 18.2 Å². The van der Waals surface area contributed by atoms with Crippen molar-refractivity contribution in [3.63, 3.8) is 0 Å². The summed E-state index contributed by atoms with van der Waals surface area (Å²) in [6.45, 7) is 5.06. The third-order valence-electron chi connectivity index (χ3n) is 2.67. The van der Waals surface area contributed by atoms with Gasteiger partial charge in [-0.2, -0.15) is 0 Å². The van der Waals surface area contributed by atoms with Crippen LogP contribution in [0.25, 0.3) is 0 Å². The molecule has 3 heteroatoms. The molecular formula is C12H17F2N. The zero-order valence-electron chi connectivity index (χ0n) is 9.19. The van der Waals surface area contributed by atoms with E-state index >= 15 is 0 Å². The maximum atomic E-state index is 12.9. The summed E-state index contributed by atoms with van der Waals surface area (Å²) in [6.07, 6.45) is 2.18. The number of halogens is 2. The van der Waals surface area contributed by atoms with Gasteiger partial charge in [-0.15, -0.1) is 0 Å². The minimum absolute atomic E-state index is 0.582. The lowest BCUT2D eigenvalue weighted by molar-refractivity contribution is 0.506. The summed E-state index contributed by atoms with van der Waals surface area (Å²) in [6, 6.07) is 3.89. The normalized spacial score (nSPS) is 10.7. The van der Waals surface area contributed by atoms with E-state index in [4.69, 9.17) is 0 Å². The van der Waals surface area contributed by atoms with Crippen LogP contribution in [0, 0.1) is 17.6 Å². The van der Waals surface area contributed by atoms with Crippen LogP contribution in [0.4, 0.5) is 14.5 Å². The number of anilines is 1. The van der Waals surface area contributed by atoms with Crippen molar-refractivity contribution < 1.29 is 8.78 Å². The van der Waals surface area contributed by atoms with Gasteiger partial charge in [-0.05, 0) is 24.1 Å². The van der Waals surface area contributed by atoms with Gasteiger partial charge >= 0.3 is 0 Å². The molecule has 0 atom stereocenters. The van der Waals surface area contributed by atoms with Crippen LogP contribution in [0.5, 0.6) is 0 Å².